The Morgan fingerprint density at radius 2 is 1.42 bits per heavy atom. The van der Waals surface area contributed by atoms with Crippen LogP contribution in [0.2, 0.25) is 0 Å². The van der Waals surface area contributed by atoms with Crippen molar-refractivity contribution in [3.63, 3.8) is 0 Å². The standard InChI is InChI=1S/C14H13F3N2O5S2/c1-2-24-9-3-5-10(6-4-9)25(20,21)18-19-26(22,23)12-8-7-11(15)13(16)14(12)17/h3-8,18-19H,2H2,1H3. The van der Waals surface area contributed by atoms with Crippen LogP contribution in [0.25, 0.3) is 0 Å². The molecule has 0 amide bonds. The zero-order chi connectivity index (χ0) is 19.5. The fourth-order valence-corrected chi connectivity index (χ4v) is 3.99. The highest BCUT2D eigenvalue weighted by Crippen LogP contribution is 2.20. The summed E-state index contributed by atoms with van der Waals surface area (Å²) in [6.45, 7) is 2.10. The summed E-state index contributed by atoms with van der Waals surface area (Å²) in [4.78, 5) is 1.38. The molecule has 0 aromatic heterocycles. The summed E-state index contributed by atoms with van der Waals surface area (Å²) in [6.07, 6.45) is 0. The van der Waals surface area contributed by atoms with E-state index in [4.69, 9.17) is 4.74 Å². The second-order valence-electron chi connectivity index (χ2n) is 4.79. The number of rotatable bonds is 7. The summed E-state index contributed by atoms with van der Waals surface area (Å²) in [5.74, 6) is -5.16. The van der Waals surface area contributed by atoms with Crippen molar-refractivity contribution < 1.29 is 34.7 Å². The van der Waals surface area contributed by atoms with Gasteiger partial charge < -0.3 is 4.74 Å². The molecule has 0 aliphatic heterocycles. The topological polar surface area (TPSA) is 102 Å². The Kier molecular flexibility index (Phi) is 5.91. The van der Waals surface area contributed by atoms with E-state index in [-0.39, 0.29) is 4.90 Å². The third-order valence-electron chi connectivity index (χ3n) is 3.04. The van der Waals surface area contributed by atoms with E-state index in [2.05, 4.69) is 0 Å². The average Bonchev–Trinajstić information content (AvgIpc) is 2.59. The molecule has 0 saturated heterocycles. The smallest absolute Gasteiger partial charge is 0.257 e. The number of sulfonamides is 2. The van der Waals surface area contributed by atoms with Crippen molar-refractivity contribution in [1.82, 2.24) is 9.66 Å². The van der Waals surface area contributed by atoms with Crippen molar-refractivity contribution in [3.05, 3.63) is 53.8 Å². The Labute approximate surface area is 147 Å². The minimum atomic E-state index is -4.83. The molecule has 0 heterocycles. The van der Waals surface area contributed by atoms with Gasteiger partial charge in [0.1, 0.15) is 10.6 Å². The molecule has 0 aliphatic carbocycles. The van der Waals surface area contributed by atoms with Gasteiger partial charge in [-0.25, -0.2) is 30.0 Å². The van der Waals surface area contributed by atoms with Gasteiger partial charge in [-0.05, 0) is 43.3 Å². The molecule has 12 heteroatoms. The van der Waals surface area contributed by atoms with E-state index in [1.807, 2.05) is 0 Å². The normalized spacial score (nSPS) is 12.2. The Balaban J connectivity index is 2.22. The second kappa shape index (κ2) is 7.61. The van der Waals surface area contributed by atoms with Crippen LogP contribution in [0.4, 0.5) is 13.2 Å². The van der Waals surface area contributed by atoms with E-state index in [1.165, 1.54) is 21.8 Å². The molecule has 0 atom stereocenters. The number of hydrazine groups is 1. The van der Waals surface area contributed by atoms with Gasteiger partial charge in [0, 0.05) is 0 Å². The Hall–Kier alpha value is -2.15. The number of hydrogen-bond donors (Lipinski definition) is 2. The molecule has 0 fully saturated rings. The maximum atomic E-state index is 13.6. The first-order valence-electron chi connectivity index (χ1n) is 6.98. The molecule has 0 saturated carbocycles. The van der Waals surface area contributed by atoms with Crippen LogP contribution in [-0.4, -0.2) is 23.4 Å². The van der Waals surface area contributed by atoms with Crippen LogP contribution in [0.15, 0.2) is 46.2 Å². The summed E-state index contributed by atoms with van der Waals surface area (Å²) >= 11 is 0. The van der Waals surface area contributed by atoms with Gasteiger partial charge in [-0.15, -0.1) is 9.66 Å². The Morgan fingerprint density at radius 3 is 2.00 bits per heavy atom. The lowest BCUT2D eigenvalue weighted by atomic mass is 10.3. The molecule has 2 aromatic carbocycles. The van der Waals surface area contributed by atoms with E-state index in [9.17, 15) is 30.0 Å². The van der Waals surface area contributed by atoms with Gasteiger partial charge in [-0.2, -0.15) is 0 Å². The maximum Gasteiger partial charge on any atom is 0.257 e. The molecule has 2 N–H and O–H groups in total. The van der Waals surface area contributed by atoms with Gasteiger partial charge in [-0.3, -0.25) is 0 Å². The first-order valence-corrected chi connectivity index (χ1v) is 9.95. The molecular weight excluding hydrogens is 397 g/mol. The fraction of sp³-hybridized carbons (Fsp3) is 0.143. The van der Waals surface area contributed by atoms with Crippen molar-refractivity contribution in [2.75, 3.05) is 6.61 Å². The van der Waals surface area contributed by atoms with Crippen molar-refractivity contribution in [2.24, 2.45) is 0 Å². The Morgan fingerprint density at radius 1 is 0.846 bits per heavy atom. The predicted octanol–water partition coefficient (Wildman–Crippen LogP) is 1.67. The van der Waals surface area contributed by atoms with Crippen molar-refractivity contribution in [3.8, 4) is 5.75 Å². The third kappa shape index (κ3) is 4.33. The first-order chi connectivity index (χ1) is 12.1. The van der Waals surface area contributed by atoms with Crippen molar-refractivity contribution in [1.29, 1.82) is 0 Å². The lowest BCUT2D eigenvalue weighted by molar-refractivity contribution is 0.340. The molecule has 0 spiro atoms. The maximum absolute atomic E-state index is 13.6. The molecule has 0 bridgehead atoms. The highest BCUT2D eigenvalue weighted by Gasteiger charge is 2.26. The fourth-order valence-electron chi connectivity index (χ4n) is 1.82. The molecule has 2 aromatic rings. The van der Waals surface area contributed by atoms with Crippen LogP contribution in [0.5, 0.6) is 5.75 Å². The summed E-state index contributed by atoms with van der Waals surface area (Å²) in [5.41, 5.74) is 0. The minimum absolute atomic E-state index is 0.311. The van der Waals surface area contributed by atoms with E-state index < -0.39 is 42.4 Å². The van der Waals surface area contributed by atoms with Crippen LogP contribution in [-0.2, 0) is 20.0 Å². The number of halogens is 3. The van der Waals surface area contributed by atoms with Crippen LogP contribution < -0.4 is 14.4 Å². The van der Waals surface area contributed by atoms with Crippen LogP contribution >= 0.6 is 0 Å². The van der Waals surface area contributed by atoms with Crippen LogP contribution in [0.3, 0.4) is 0 Å². The van der Waals surface area contributed by atoms with Crippen molar-refractivity contribution in [2.45, 2.75) is 16.7 Å². The van der Waals surface area contributed by atoms with E-state index >= 15 is 0 Å². The lowest BCUT2D eigenvalue weighted by Crippen LogP contribution is -2.41. The van der Waals surface area contributed by atoms with Gasteiger partial charge in [0.25, 0.3) is 20.0 Å². The third-order valence-corrected chi connectivity index (χ3v) is 5.70. The van der Waals surface area contributed by atoms with E-state index in [1.54, 1.807) is 6.92 Å². The van der Waals surface area contributed by atoms with Crippen molar-refractivity contribution >= 4 is 20.0 Å². The summed E-state index contributed by atoms with van der Waals surface area (Å²) in [7, 11) is -9.19. The molecule has 0 radical (unpaired) electrons. The second-order valence-corrected chi connectivity index (χ2v) is 8.12. The van der Waals surface area contributed by atoms with Gasteiger partial charge in [0.2, 0.25) is 0 Å². The van der Waals surface area contributed by atoms with E-state index in [0.717, 1.165) is 12.1 Å². The zero-order valence-electron chi connectivity index (χ0n) is 13.2. The summed E-state index contributed by atoms with van der Waals surface area (Å²) < 4.78 is 92.8. The monoisotopic (exact) mass is 410 g/mol. The Bertz CT molecular complexity index is 1010. The van der Waals surface area contributed by atoms with E-state index in [0.29, 0.717) is 24.5 Å². The molecule has 142 valence electrons. The number of nitrogens with one attached hydrogen (secondary N) is 2. The van der Waals surface area contributed by atoms with Gasteiger partial charge >= 0.3 is 0 Å². The molecular formula is C14H13F3N2O5S2. The molecule has 26 heavy (non-hydrogen) atoms. The van der Waals surface area contributed by atoms with Gasteiger partial charge in [-0.1, -0.05) is 0 Å². The summed E-state index contributed by atoms with van der Waals surface area (Å²) in [6, 6.07) is 5.86. The molecule has 2 rings (SSSR count). The van der Waals surface area contributed by atoms with Gasteiger partial charge in [0.15, 0.2) is 17.5 Å². The minimum Gasteiger partial charge on any atom is -0.494 e. The number of ether oxygens (including phenoxy) is 1. The van der Waals surface area contributed by atoms with Crippen LogP contribution in [0.1, 0.15) is 6.92 Å². The lowest BCUT2D eigenvalue weighted by Gasteiger charge is -2.11. The zero-order valence-corrected chi connectivity index (χ0v) is 14.8. The molecule has 0 unspecified atom stereocenters. The molecule has 0 aliphatic rings. The van der Waals surface area contributed by atoms with Crippen LogP contribution in [0, 0.1) is 17.5 Å². The highest BCUT2D eigenvalue weighted by molar-refractivity contribution is 7.92. The predicted molar refractivity (Wildman–Crippen MR) is 84.6 cm³/mol. The quantitative estimate of drug-likeness (QED) is 0.534. The highest BCUT2D eigenvalue weighted by atomic mass is 32.2. The summed E-state index contributed by atoms with van der Waals surface area (Å²) in [5, 5.41) is 0. The van der Waals surface area contributed by atoms with Gasteiger partial charge in [0.05, 0.1) is 11.5 Å². The number of hydrogen-bond acceptors (Lipinski definition) is 5. The SMILES string of the molecule is CCOc1ccc(S(=O)(=O)NNS(=O)(=O)c2ccc(F)c(F)c2F)cc1. The average molecular weight is 410 g/mol. The largest absolute Gasteiger partial charge is 0.494 e. The first kappa shape index (κ1) is 20.2. The molecule has 7 nitrogen and oxygen atoms in total. The number of benzene rings is 2.